The summed E-state index contributed by atoms with van der Waals surface area (Å²) in [5, 5.41) is 8.09. The van der Waals surface area contributed by atoms with Crippen molar-refractivity contribution in [2.75, 3.05) is 0 Å². The summed E-state index contributed by atoms with van der Waals surface area (Å²) in [7, 11) is 1.85. The monoisotopic (exact) mass is 254 g/mol. The number of benzene rings is 1. The number of para-hydroxylation sites is 1. The zero-order valence-corrected chi connectivity index (χ0v) is 10.6. The fourth-order valence-corrected chi connectivity index (χ4v) is 2.02. The van der Waals surface area contributed by atoms with Crippen molar-refractivity contribution in [2.45, 2.75) is 6.54 Å². The number of fused-ring (bicyclic) bond motifs is 1. The molecule has 5 nitrogen and oxygen atoms in total. The van der Waals surface area contributed by atoms with Gasteiger partial charge < -0.3 is 10.3 Å². The molecule has 0 aliphatic carbocycles. The van der Waals surface area contributed by atoms with E-state index in [0.717, 1.165) is 16.6 Å². The van der Waals surface area contributed by atoms with Crippen molar-refractivity contribution in [2.24, 2.45) is 7.05 Å². The van der Waals surface area contributed by atoms with E-state index in [1.807, 2.05) is 49.6 Å². The highest BCUT2D eigenvalue weighted by Crippen LogP contribution is 2.14. The fourth-order valence-electron chi connectivity index (χ4n) is 2.02. The molecule has 3 aromatic rings. The maximum absolute atomic E-state index is 12.0. The van der Waals surface area contributed by atoms with E-state index >= 15 is 0 Å². The van der Waals surface area contributed by atoms with Crippen LogP contribution < -0.4 is 5.32 Å². The summed E-state index contributed by atoms with van der Waals surface area (Å²) in [5.74, 6) is -0.123. The van der Waals surface area contributed by atoms with Gasteiger partial charge >= 0.3 is 0 Å². The van der Waals surface area contributed by atoms with Gasteiger partial charge in [0.15, 0.2) is 0 Å². The average molecular weight is 254 g/mol. The highest BCUT2D eigenvalue weighted by atomic mass is 16.1. The first-order chi connectivity index (χ1) is 9.22. The molecular weight excluding hydrogens is 240 g/mol. The molecule has 0 unspecified atom stereocenters. The van der Waals surface area contributed by atoms with Crippen LogP contribution in [0.15, 0.2) is 42.6 Å². The minimum Gasteiger partial charge on any atom is -0.351 e. The highest BCUT2D eigenvalue weighted by Gasteiger charge is 2.09. The van der Waals surface area contributed by atoms with Crippen LogP contribution in [0.4, 0.5) is 0 Å². The van der Waals surface area contributed by atoms with Gasteiger partial charge in [0.1, 0.15) is 5.69 Å². The van der Waals surface area contributed by atoms with Crippen LogP contribution in [0.1, 0.15) is 16.2 Å². The minimum absolute atomic E-state index is 0.123. The Bertz CT molecular complexity index is 693. The van der Waals surface area contributed by atoms with Crippen LogP contribution in [0.2, 0.25) is 0 Å². The Morgan fingerprint density at radius 1 is 1.37 bits per heavy atom. The number of nitrogens with zero attached hydrogens (tertiary/aromatic N) is 2. The van der Waals surface area contributed by atoms with Crippen molar-refractivity contribution >= 4 is 16.8 Å². The summed E-state index contributed by atoms with van der Waals surface area (Å²) >= 11 is 0. The molecule has 0 bridgehead atoms. The van der Waals surface area contributed by atoms with Gasteiger partial charge in [-0.3, -0.25) is 9.48 Å². The molecule has 2 N–H and O–H groups in total. The van der Waals surface area contributed by atoms with Crippen molar-refractivity contribution in [1.29, 1.82) is 0 Å². The molecule has 0 radical (unpaired) electrons. The average Bonchev–Trinajstić information content (AvgIpc) is 3.01. The first-order valence-electron chi connectivity index (χ1n) is 6.07. The normalized spacial score (nSPS) is 10.8. The Morgan fingerprint density at radius 3 is 2.95 bits per heavy atom. The second-order valence-electron chi connectivity index (χ2n) is 4.43. The van der Waals surface area contributed by atoms with Gasteiger partial charge in [0.05, 0.1) is 12.2 Å². The van der Waals surface area contributed by atoms with Crippen molar-refractivity contribution in [3.63, 3.8) is 0 Å². The smallest absolute Gasteiger partial charge is 0.268 e. The highest BCUT2D eigenvalue weighted by molar-refractivity contribution is 5.97. The number of carbonyl (C=O) groups is 1. The Labute approximate surface area is 110 Å². The van der Waals surface area contributed by atoms with E-state index in [2.05, 4.69) is 15.4 Å². The predicted molar refractivity (Wildman–Crippen MR) is 72.7 cm³/mol. The minimum atomic E-state index is -0.123. The van der Waals surface area contributed by atoms with Crippen LogP contribution in [-0.2, 0) is 13.6 Å². The van der Waals surface area contributed by atoms with E-state index in [4.69, 9.17) is 0 Å². The quantitative estimate of drug-likeness (QED) is 0.749. The lowest BCUT2D eigenvalue weighted by Gasteiger charge is -2.00. The zero-order valence-electron chi connectivity index (χ0n) is 10.6. The number of amides is 1. The number of aromatic nitrogens is 3. The number of H-pyrrole nitrogens is 1. The lowest BCUT2D eigenvalue weighted by molar-refractivity contribution is 0.0946. The third kappa shape index (κ3) is 2.35. The molecule has 96 valence electrons. The Balaban J connectivity index is 1.73. The Morgan fingerprint density at radius 2 is 2.21 bits per heavy atom. The van der Waals surface area contributed by atoms with E-state index in [9.17, 15) is 4.79 Å². The van der Waals surface area contributed by atoms with Crippen LogP contribution in [0.5, 0.6) is 0 Å². The van der Waals surface area contributed by atoms with Crippen molar-refractivity contribution < 1.29 is 4.79 Å². The van der Waals surface area contributed by atoms with Gasteiger partial charge in [-0.25, -0.2) is 0 Å². The number of aryl methyl sites for hydroxylation is 1. The van der Waals surface area contributed by atoms with E-state index in [-0.39, 0.29) is 5.91 Å². The van der Waals surface area contributed by atoms with Gasteiger partial charge in [0.2, 0.25) is 0 Å². The first-order valence-corrected chi connectivity index (χ1v) is 6.07. The van der Waals surface area contributed by atoms with Crippen molar-refractivity contribution in [3.05, 3.63) is 54.0 Å². The van der Waals surface area contributed by atoms with Gasteiger partial charge in [-0.2, -0.15) is 5.10 Å². The molecule has 1 amide bonds. The Hall–Kier alpha value is -2.56. The lowest BCUT2D eigenvalue weighted by Crippen LogP contribution is -2.23. The summed E-state index contributed by atoms with van der Waals surface area (Å²) in [6, 6.07) is 11.5. The standard InChI is InChI=1S/C14H14N4O/c1-18-7-6-11(17-18)9-15-14(19)13-8-10-4-2-3-5-12(10)16-13/h2-8,16H,9H2,1H3,(H,15,19). The molecule has 0 atom stereocenters. The maximum atomic E-state index is 12.0. The van der Waals surface area contributed by atoms with Gasteiger partial charge in [-0.15, -0.1) is 0 Å². The van der Waals surface area contributed by atoms with Gasteiger partial charge in [-0.1, -0.05) is 18.2 Å². The number of aromatic amines is 1. The van der Waals surface area contributed by atoms with E-state index in [0.29, 0.717) is 12.2 Å². The first kappa shape index (κ1) is 11.5. The van der Waals surface area contributed by atoms with Crippen LogP contribution >= 0.6 is 0 Å². The third-order valence-corrected chi connectivity index (χ3v) is 2.97. The molecule has 2 heterocycles. The van der Waals surface area contributed by atoms with E-state index in [1.165, 1.54) is 0 Å². The molecule has 1 aromatic carbocycles. The molecule has 0 saturated carbocycles. The number of nitrogens with one attached hydrogen (secondary N) is 2. The SMILES string of the molecule is Cn1ccc(CNC(=O)c2cc3ccccc3[nH]2)n1. The maximum Gasteiger partial charge on any atom is 0.268 e. The molecule has 0 aliphatic heterocycles. The van der Waals surface area contributed by atoms with Gasteiger partial charge in [0, 0.05) is 24.1 Å². The summed E-state index contributed by atoms with van der Waals surface area (Å²) in [4.78, 5) is 15.1. The third-order valence-electron chi connectivity index (χ3n) is 2.97. The molecule has 0 fully saturated rings. The topological polar surface area (TPSA) is 62.7 Å². The second kappa shape index (κ2) is 4.61. The zero-order chi connectivity index (χ0) is 13.2. The number of rotatable bonds is 3. The van der Waals surface area contributed by atoms with Gasteiger partial charge in [0.25, 0.3) is 5.91 Å². The number of carbonyl (C=O) groups excluding carboxylic acids is 1. The van der Waals surface area contributed by atoms with Crippen LogP contribution in [0.3, 0.4) is 0 Å². The molecule has 0 aliphatic rings. The molecule has 2 aromatic heterocycles. The van der Waals surface area contributed by atoms with Crippen LogP contribution in [0, 0.1) is 0 Å². The number of hydrogen-bond acceptors (Lipinski definition) is 2. The number of hydrogen-bond donors (Lipinski definition) is 2. The van der Waals surface area contributed by atoms with E-state index in [1.54, 1.807) is 4.68 Å². The summed E-state index contributed by atoms with van der Waals surface area (Å²) < 4.78 is 1.71. The largest absolute Gasteiger partial charge is 0.351 e. The van der Waals surface area contributed by atoms with Crippen LogP contribution in [0.25, 0.3) is 10.9 Å². The van der Waals surface area contributed by atoms with E-state index < -0.39 is 0 Å². The molecular formula is C14H14N4O. The summed E-state index contributed by atoms with van der Waals surface area (Å²) in [5.41, 5.74) is 2.37. The molecule has 0 spiro atoms. The lowest BCUT2D eigenvalue weighted by atomic mass is 10.2. The molecule has 3 rings (SSSR count). The second-order valence-corrected chi connectivity index (χ2v) is 4.43. The van der Waals surface area contributed by atoms with Crippen LogP contribution in [-0.4, -0.2) is 20.7 Å². The fraction of sp³-hybridized carbons (Fsp3) is 0.143. The summed E-state index contributed by atoms with van der Waals surface area (Å²) in [6.07, 6.45) is 1.85. The van der Waals surface area contributed by atoms with Gasteiger partial charge in [-0.05, 0) is 18.2 Å². The Kier molecular flexibility index (Phi) is 2.79. The molecule has 19 heavy (non-hydrogen) atoms. The molecule has 5 heteroatoms. The van der Waals surface area contributed by atoms with Crippen molar-refractivity contribution in [1.82, 2.24) is 20.1 Å². The summed E-state index contributed by atoms with van der Waals surface area (Å²) in [6.45, 7) is 0.426. The predicted octanol–water partition coefficient (Wildman–Crippen LogP) is 1.83. The molecule has 0 saturated heterocycles. The van der Waals surface area contributed by atoms with Crippen molar-refractivity contribution in [3.8, 4) is 0 Å².